The first-order valence-corrected chi connectivity index (χ1v) is 9.21. The zero-order valence-electron chi connectivity index (χ0n) is 15.9. The average molecular weight is 368 g/mol. The number of anilines is 1. The molecule has 1 fully saturated rings. The lowest BCUT2D eigenvalue weighted by atomic mass is 10.1. The number of rotatable bonds is 4. The van der Waals surface area contributed by atoms with Crippen molar-refractivity contribution in [3.05, 3.63) is 41.3 Å². The quantitative estimate of drug-likeness (QED) is 0.819. The minimum atomic E-state index is 0.0194. The molecule has 1 atom stereocenters. The van der Waals surface area contributed by atoms with Gasteiger partial charge in [0.25, 0.3) is 0 Å². The number of aromatic nitrogens is 2. The molecule has 0 aliphatic carbocycles. The van der Waals surface area contributed by atoms with E-state index >= 15 is 0 Å². The van der Waals surface area contributed by atoms with Crippen molar-refractivity contribution in [1.29, 1.82) is 0 Å². The third-order valence-electron chi connectivity index (χ3n) is 5.12. The summed E-state index contributed by atoms with van der Waals surface area (Å²) in [6, 6.07) is 7.62. The number of amides is 1. The second kappa shape index (κ2) is 7.15. The van der Waals surface area contributed by atoms with E-state index in [2.05, 4.69) is 14.9 Å². The fraction of sp³-hybridized carbons (Fsp3) is 0.450. The molecule has 27 heavy (non-hydrogen) atoms. The number of hydrogen-bond acceptors (Lipinski definition) is 6. The zero-order valence-corrected chi connectivity index (χ0v) is 15.9. The van der Waals surface area contributed by atoms with Gasteiger partial charge in [0.05, 0.1) is 13.7 Å². The minimum absolute atomic E-state index is 0.0194. The summed E-state index contributed by atoms with van der Waals surface area (Å²) >= 11 is 0. The lowest BCUT2D eigenvalue weighted by Crippen LogP contribution is -2.52. The van der Waals surface area contributed by atoms with Crippen LogP contribution in [0.25, 0.3) is 0 Å². The van der Waals surface area contributed by atoms with Gasteiger partial charge in [0, 0.05) is 49.1 Å². The van der Waals surface area contributed by atoms with E-state index in [-0.39, 0.29) is 12.0 Å². The Morgan fingerprint density at radius 3 is 2.89 bits per heavy atom. The van der Waals surface area contributed by atoms with Gasteiger partial charge in [-0.1, -0.05) is 6.07 Å². The van der Waals surface area contributed by atoms with Gasteiger partial charge in [-0.3, -0.25) is 9.69 Å². The summed E-state index contributed by atoms with van der Waals surface area (Å²) in [7, 11) is 1.63. The summed E-state index contributed by atoms with van der Waals surface area (Å²) in [4.78, 5) is 25.5. The summed E-state index contributed by atoms with van der Waals surface area (Å²) in [5.41, 5.74) is 2.95. The number of methoxy groups -OCH3 is 1. The van der Waals surface area contributed by atoms with E-state index in [1.54, 1.807) is 7.11 Å². The number of aryl methyl sites for hydroxylation is 2. The lowest BCUT2D eigenvalue weighted by Gasteiger charge is -2.35. The Labute approximate surface area is 158 Å². The Hall–Kier alpha value is -2.67. The fourth-order valence-corrected chi connectivity index (χ4v) is 3.78. The van der Waals surface area contributed by atoms with Gasteiger partial charge in [-0.2, -0.15) is 4.98 Å². The molecule has 0 saturated carbocycles. The van der Waals surface area contributed by atoms with Crippen LogP contribution in [0.1, 0.15) is 17.1 Å². The number of carbonyl (C=O) groups excluding carboxylic acids is 1. The highest BCUT2D eigenvalue weighted by Gasteiger charge is 2.32. The molecule has 1 amide bonds. The Bertz CT molecular complexity index is 870. The van der Waals surface area contributed by atoms with Crippen LogP contribution in [0.15, 0.2) is 24.3 Å². The highest BCUT2D eigenvalue weighted by Crippen LogP contribution is 2.29. The van der Waals surface area contributed by atoms with E-state index < -0.39 is 0 Å². The van der Waals surface area contributed by atoms with Crippen LogP contribution >= 0.6 is 0 Å². The van der Waals surface area contributed by atoms with Crippen LogP contribution in [0.4, 0.5) is 5.69 Å². The summed E-state index contributed by atoms with van der Waals surface area (Å²) in [6.45, 7) is 6.44. The van der Waals surface area contributed by atoms with Gasteiger partial charge in [0.1, 0.15) is 17.7 Å². The van der Waals surface area contributed by atoms with Crippen molar-refractivity contribution < 1.29 is 14.3 Å². The van der Waals surface area contributed by atoms with Crippen LogP contribution in [-0.2, 0) is 11.2 Å². The molecule has 2 aromatic rings. The van der Waals surface area contributed by atoms with Crippen molar-refractivity contribution in [3.63, 3.8) is 0 Å². The van der Waals surface area contributed by atoms with Crippen LogP contribution in [0.2, 0.25) is 0 Å². The molecule has 7 nitrogen and oxygen atoms in total. The van der Waals surface area contributed by atoms with E-state index in [4.69, 9.17) is 9.47 Å². The molecule has 2 aliphatic heterocycles. The topological polar surface area (TPSA) is 67.8 Å². The first kappa shape index (κ1) is 17.7. The minimum Gasteiger partial charge on any atom is -0.497 e. The predicted molar refractivity (Wildman–Crippen MR) is 101 cm³/mol. The SMILES string of the molecule is COc1cccc(N2CCN(C[C@H]3Cc4c(C)nc(C)nc4O3)CC2=O)c1. The third-order valence-corrected chi connectivity index (χ3v) is 5.12. The number of piperazine rings is 1. The molecule has 0 radical (unpaired) electrons. The van der Waals surface area contributed by atoms with E-state index in [1.807, 2.05) is 43.0 Å². The molecule has 142 valence electrons. The summed E-state index contributed by atoms with van der Waals surface area (Å²) in [5.74, 6) is 2.28. The molecule has 0 N–H and O–H groups in total. The first-order valence-electron chi connectivity index (χ1n) is 9.21. The van der Waals surface area contributed by atoms with Crippen LogP contribution in [0.3, 0.4) is 0 Å². The Morgan fingerprint density at radius 1 is 1.26 bits per heavy atom. The molecule has 0 spiro atoms. The van der Waals surface area contributed by atoms with Crippen LogP contribution in [0.5, 0.6) is 11.6 Å². The van der Waals surface area contributed by atoms with Gasteiger partial charge in [0.2, 0.25) is 11.8 Å². The molecule has 3 heterocycles. The lowest BCUT2D eigenvalue weighted by molar-refractivity contribution is -0.121. The largest absolute Gasteiger partial charge is 0.497 e. The Kier molecular flexibility index (Phi) is 4.70. The van der Waals surface area contributed by atoms with Crippen molar-refractivity contribution >= 4 is 11.6 Å². The summed E-state index contributed by atoms with van der Waals surface area (Å²) < 4.78 is 11.3. The fourth-order valence-electron chi connectivity index (χ4n) is 3.78. The molecular weight excluding hydrogens is 344 g/mol. The van der Waals surface area contributed by atoms with E-state index in [1.165, 1.54) is 0 Å². The Balaban J connectivity index is 1.38. The van der Waals surface area contributed by atoms with Crippen LogP contribution in [0, 0.1) is 13.8 Å². The molecular formula is C20H24N4O3. The van der Waals surface area contributed by atoms with Crippen molar-refractivity contribution in [2.45, 2.75) is 26.4 Å². The number of ether oxygens (including phenoxy) is 2. The van der Waals surface area contributed by atoms with Gasteiger partial charge in [-0.25, -0.2) is 4.98 Å². The van der Waals surface area contributed by atoms with Crippen LogP contribution in [-0.4, -0.2) is 60.2 Å². The smallest absolute Gasteiger partial charge is 0.241 e. The molecule has 4 rings (SSSR count). The number of benzene rings is 1. The molecule has 0 unspecified atom stereocenters. The third kappa shape index (κ3) is 3.60. The maximum atomic E-state index is 12.7. The number of nitrogens with zero attached hydrogens (tertiary/aromatic N) is 4. The van der Waals surface area contributed by atoms with Crippen molar-refractivity contribution in [1.82, 2.24) is 14.9 Å². The normalized spacial score (nSPS) is 19.7. The highest BCUT2D eigenvalue weighted by molar-refractivity contribution is 5.95. The maximum absolute atomic E-state index is 12.7. The first-order chi connectivity index (χ1) is 13.0. The van der Waals surface area contributed by atoms with Crippen molar-refractivity contribution in [3.8, 4) is 11.6 Å². The molecule has 1 aromatic carbocycles. The Morgan fingerprint density at radius 2 is 2.11 bits per heavy atom. The molecule has 1 saturated heterocycles. The van der Waals surface area contributed by atoms with Gasteiger partial charge in [-0.05, 0) is 26.0 Å². The number of hydrogen-bond donors (Lipinski definition) is 0. The van der Waals surface area contributed by atoms with E-state index in [0.29, 0.717) is 25.5 Å². The van der Waals surface area contributed by atoms with E-state index in [9.17, 15) is 4.79 Å². The molecule has 1 aromatic heterocycles. The summed E-state index contributed by atoms with van der Waals surface area (Å²) in [5, 5.41) is 0. The monoisotopic (exact) mass is 368 g/mol. The van der Waals surface area contributed by atoms with Gasteiger partial charge in [-0.15, -0.1) is 0 Å². The van der Waals surface area contributed by atoms with Crippen molar-refractivity contribution in [2.75, 3.05) is 38.2 Å². The van der Waals surface area contributed by atoms with Crippen LogP contribution < -0.4 is 14.4 Å². The summed E-state index contributed by atoms with van der Waals surface area (Å²) in [6.07, 6.45) is 0.817. The predicted octanol–water partition coefficient (Wildman–Crippen LogP) is 1.75. The second-order valence-electron chi connectivity index (χ2n) is 7.07. The second-order valence-corrected chi connectivity index (χ2v) is 7.07. The number of fused-ring (bicyclic) bond motifs is 1. The van der Waals surface area contributed by atoms with Gasteiger partial charge in [0.15, 0.2) is 0 Å². The highest BCUT2D eigenvalue weighted by atomic mass is 16.5. The molecule has 7 heteroatoms. The average Bonchev–Trinajstić information content (AvgIpc) is 3.04. The van der Waals surface area contributed by atoms with Gasteiger partial charge < -0.3 is 14.4 Å². The van der Waals surface area contributed by atoms with E-state index in [0.717, 1.165) is 41.5 Å². The number of carbonyl (C=O) groups is 1. The van der Waals surface area contributed by atoms with Crippen molar-refractivity contribution in [2.24, 2.45) is 0 Å². The molecule has 0 bridgehead atoms. The molecule has 2 aliphatic rings. The van der Waals surface area contributed by atoms with Gasteiger partial charge >= 0.3 is 0 Å². The zero-order chi connectivity index (χ0) is 19.0. The standard InChI is InChI=1S/C20H24N4O3/c1-13-18-10-17(27-20(18)22-14(2)21-13)11-23-7-8-24(19(25)12-23)15-5-4-6-16(9-15)26-3/h4-6,9,17H,7-8,10-12H2,1-3H3/t17-/m1/s1. The maximum Gasteiger partial charge on any atom is 0.241 e.